The Morgan fingerprint density at radius 1 is 1.00 bits per heavy atom. The Morgan fingerprint density at radius 3 is 2.65 bits per heavy atom. The molecule has 102 valence electrons. The Morgan fingerprint density at radius 2 is 1.80 bits per heavy atom. The number of hydrogen-bond acceptors (Lipinski definition) is 2. The van der Waals surface area contributed by atoms with E-state index in [0.717, 1.165) is 17.9 Å². The molecule has 1 aliphatic carbocycles. The van der Waals surface area contributed by atoms with Gasteiger partial charge in [-0.1, -0.05) is 46.3 Å². The van der Waals surface area contributed by atoms with Crippen molar-refractivity contribution in [2.75, 3.05) is 13.2 Å². The maximum absolute atomic E-state index is 5.67. The first-order valence-electron chi connectivity index (χ1n) is 6.94. The predicted octanol–water partition coefficient (Wildman–Crippen LogP) is 4.23. The number of rotatable bonds is 2. The van der Waals surface area contributed by atoms with Crippen LogP contribution in [0.2, 0.25) is 0 Å². The lowest BCUT2D eigenvalue weighted by Gasteiger charge is -2.34. The molecule has 1 heterocycles. The van der Waals surface area contributed by atoms with E-state index in [0.29, 0.717) is 24.0 Å². The number of ether oxygens (including phenoxy) is 2. The van der Waals surface area contributed by atoms with Crippen LogP contribution in [-0.2, 0) is 6.42 Å². The van der Waals surface area contributed by atoms with Gasteiger partial charge in [0.05, 0.1) is 0 Å². The smallest absolute Gasteiger partial charge is 0.161 e. The van der Waals surface area contributed by atoms with E-state index >= 15 is 0 Å². The standard InChI is InChI=1S/C17H15BrO2/c18-17(14-9-11-3-1-2-4-13(11)14)12-5-6-15-16(10-12)20-8-7-19-15/h1-6,10,14,17H,7-9H2. The summed E-state index contributed by atoms with van der Waals surface area (Å²) < 4.78 is 11.2. The molecule has 0 bridgehead atoms. The second-order valence-electron chi connectivity index (χ2n) is 5.31. The van der Waals surface area contributed by atoms with Crippen LogP contribution in [0.4, 0.5) is 0 Å². The van der Waals surface area contributed by atoms with E-state index in [1.54, 1.807) is 0 Å². The SMILES string of the molecule is BrC(c1ccc2c(c1)OCCO2)C1Cc2ccccc21. The predicted molar refractivity (Wildman–Crippen MR) is 82.0 cm³/mol. The Bertz CT molecular complexity index is 653. The van der Waals surface area contributed by atoms with Gasteiger partial charge in [0.15, 0.2) is 11.5 Å². The number of alkyl halides is 1. The minimum absolute atomic E-state index is 0.327. The third-order valence-electron chi connectivity index (χ3n) is 4.13. The van der Waals surface area contributed by atoms with Crippen molar-refractivity contribution in [3.8, 4) is 11.5 Å². The average Bonchev–Trinajstić information content (AvgIpc) is 2.48. The van der Waals surface area contributed by atoms with Crippen LogP contribution in [0.1, 0.15) is 27.4 Å². The number of benzene rings is 2. The normalized spacial score (nSPS) is 20.8. The van der Waals surface area contributed by atoms with E-state index < -0.39 is 0 Å². The summed E-state index contributed by atoms with van der Waals surface area (Å²) in [6, 6.07) is 14.9. The van der Waals surface area contributed by atoms with Gasteiger partial charge in [-0.2, -0.15) is 0 Å². The molecule has 0 radical (unpaired) electrons. The van der Waals surface area contributed by atoms with Gasteiger partial charge < -0.3 is 9.47 Å². The molecule has 2 nitrogen and oxygen atoms in total. The van der Waals surface area contributed by atoms with E-state index in [2.05, 4.69) is 52.3 Å². The van der Waals surface area contributed by atoms with Crippen LogP contribution < -0.4 is 9.47 Å². The first-order valence-corrected chi connectivity index (χ1v) is 7.86. The highest BCUT2D eigenvalue weighted by Gasteiger charge is 2.32. The zero-order valence-corrected chi connectivity index (χ0v) is 12.6. The second kappa shape index (κ2) is 4.81. The van der Waals surface area contributed by atoms with Crippen LogP contribution in [0.15, 0.2) is 42.5 Å². The van der Waals surface area contributed by atoms with Gasteiger partial charge in [-0.25, -0.2) is 0 Å². The van der Waals surface area contributed by atoms with Crippen LogP contribution in [0.3, 0.4) is 0 Å². The number of fused-ring (bicyclic) bond motifs is 2. The largest absolute Gasteiger partial charge is 0.486 e. The van der Waals surface area contributed by atoms with Crippen LogP contribution >= 0.6 is 15.9 Å². The minimum atomic E-state index is 0.327. The molecule has 20 heavy (non-hydrogen) atoms. The molecule has 1 aliphatic heterocycles. The van der Waals surface area contributed by atoms with E-state index in [1.165, 1.54) is 16.7 Å². The molecule has 2 aromatic rings. The number of halogens is 1. The van der Waals surface area contributed by atoms with Gasteiger partial charge in [0.25, 0.3) is 0 Å². The molecule has 0 saturated heterocycles. The molecule has 4 rings (SSSR count). The minimum Gasteiger partial charge on any atom is -0.486 e. The van der Waals surface area contributed by atoms with Gasteiger partial charge in [0.2, 0.25) is 0 Å². The van der Waals surface area contributed by atoms with Crippen LogP contribution in [0.25, 0.3) is 0 Å². The zero-order valence-electron chi connectivity index (χ0n) is 11.0. The molecule has 0 amide bonds. The molecule has 0 saturated carbocycles. The third kappa shape index (κ3) is 1.92. The highest BCUT2D eigenvalue weighted by Crippen LogP contribution is 2.48. The Labute approximate surface area is 126 Å². The van der Waals surface area contributed by atoms with E-state index in [4.69, 9.17) is 9.47 Å². The first kappa shape index (κ1) is 12.3. The van der Waals surface area contributed by atoms with Crippen LogP contribution in [0.5, 0.6) is 11.5 Å². The molecule has 2 aromatic carbocycles. The van der Waals surface area contributed by atoms with Gasteiger partial charge in [-0.05, 0) is 35.2 Å². The van der Waals surface area contributed by atoms with Crippen molar-refractivity contribution >= 4 is 15.9 Å². The molecule has 2 aliphatic rings. The highest BCUT2D eigenvalue weighted by atomic mass is 79.9. The molecule has 0 fully saturated rings. The monoisotopic (exact) mass is 330 g/mol. The van der Waals surface area contributed by atoms with E-state index in [1.807, 2.05) is 6.07 Å². The van der Waals surface area contributed by atoms with Crippen molar-refractivity contribution in [1.82, 2.24) is 0 Å². The average molecular weight is 331 g/mol. The highest BCUT2D eigenvalue weighted by molar-refractivity contribution is 9.09. The lowest BCUT2D eigenvalue weighted by Crippen LogP contribution is -2.21. The van der Waals surface area contributed by atoms with Crippen molar-refractivity contribution in [3.63, 3.8) is 0 Å². The van der Waals surface area contributed by atoms with Gasteiger partial charge in [-0.3, -0.25) is 0 Å². The quantitative estimate of drug-likeness (QED) is 0.767. The topological polar surface area (TPSA) is 18.5 Å². The molecule has 0 aromatic heterocycles. The number of hydrogen-bond donors (Lipinski definition) is 0. The Hall–Kier alpha value is -1.48. The van der Waals surface area contributed by atoms with Crippen molar-refractivity contribution in [3.05, 3.63) is 59.2 Å². The summed E-state index contributed by atoms with van der Waals surface area (Å²) in [6.45, 7) is 1.27. The maximum Gasteiger partial charge on any atom is 0.161 e. The lowest BCUT2D eigenvalue weighted by atomic mass is 9.74. The molecule has 2 atom stereocenters. The summed E-state index contributed by atoms with van der Waals surface area (Å²) in [5, 5.41) is 0. The molecule has 3 heteroatoms. The lowest BCUT2D eigenvalue weighted by molar-refractivity contribution is 0.171. The first-order chi connectivity index (χ1) is 9.83. The van der Waals surface area contributed by atoms with Crippen molar-refractivity contribution < 1.29 is 9.47 Å². The molecular weight excluding hydrogens is 316 g/mol. The fourth-order valence-electron chi connectivity index (χ4n) is 3.02. The summed E-state index contributed by atoms with van der Waals surface area (Å²) in [4.78, 5) is 0.327. The summed E-state index contributed by atoms with van der Waals surface area (Å²) in [7, 11) is 0. The van der Waals surface area contributed by atoms with Gasteiger partial charge >= 0.3 is 0 Å². The van der Waals surface area contributed by atoms with Gasteiger partial charge in [0, 0.05) is 10.7 Å². The summed E-state index contributed by atoms with van der Waals surface area (Å²) in [5.41, 5.74) is 4.19. The molecule has 2 unspecified atom stereocenters. The third-order valence-corrected chi connectivity index (χ3v) is 5.30. The van der Waals surface area contributed by atoms with Gasteiger partial charge in [-0.15, -0.1) is 0 Å². The summed E-state index contributed by atoms with van der Waals surface area (Å²) in [6.07, 6.45) is 1.14. The zero-order chi connectivity index (χ0) is 13.5. The fraction of sp³-hybridized carbons (Fsp3) is 0.294. The summed E-state index contributed by atoms with van der Waals surface area (Å²) in [5.74, 6) is 2.27. The van der Waals surface area contributed by atoms with Crippen molar-refractivity contribution in [2.24, 2.45) is 0 Å². The van der Waals surface area contributed by atoms with E-state index in [9.17, 15) is 0 Å². The van der Waals surface area contributed by atoms with Crippen molar-refractivity contribution in [1.29, 1.82) is 0 Å². The second-order valence-corrected chi connectivity index (χ2v) is 6.30. The van der Waals surface area contributed by atoms with Crippen LogP contribution in [-0.4, -0.2) is 13.2 Å². The molecule has 0 spiro atoms. The summed E-state index contributed by atoms with van der Waals surface area (Å²) >= 11 is 3.86. The van der Waals surface area contributed by atoms with E-state index in [-0.39, 0.29) is 0 Å². The van der Waals surface area contributed by atoms with Crippen LogP contribution in [0, 0.1) is 0 Å². The fourth-order valence-corrected chi connectivity index (χ4v) is 3.78. The Kier molecular flexibility index (Phi) is 2.95. The molecular formula is C17H15BrO2. The maximum atomic E-state index is 5.67. The van der Waals surface area contributed by atoms with Gasteiger partial charge in [0.1, 0.15) is 13.2 Å². The van der Waals surface area contributed by atoms with Crippen molar-refractivity contribution in [2.45, 2.75) is 17.2 Å². The molecule has 0 N–H and O–H groups in total. The Balaban J connectivity index is 1.62.